The summed E-state index contributed by atoms with van der Waals surface area (Å²) in [5.74, 6) is -1.24. The Labute approximate surface area is 122 Å². The number of benzene rings is 1. The van der Waals surface area contributed by atoms with Gasteiger partial charge in [0.05, 0.1) is 6.21 Å². The number of amides is 2. The number of nitrogens with zero attached hydrogens (tertiary/aromatic N) is 1. The van der Waals surface area contributed by atoms with Gasteiger partial charge in [0.2, 0.25) is 11.8 Å². The van der Waals surface area contributed by atoms with Crippen molar-refractivity contribution < 1.29 is 18.7 Å². The maximum absolute atomic E-state index is 12.7. The number of ether oxygens (including phenoxy) is 1. The van der Waals surface area contributed by atoms with E-state index >= 15 is 0 Å². The van der Waals surface area contributed by atoms with Crippen LogP contribution in [0.15, 0.2) is 29.4 Å². The monoisotopic (exact) mass is 295 g/mol. The standard InChI is InChI=1S/C14H18FN3O3/c1-21-8-2-7-16-13(19)9-14(20)18-17-10-11-3-5-12(15)6-4-11/h3-6,10H,2,7-9H2,1H3,(H,16,19)(H,18,20)/b17-10+. The van der Waals surface area contributed by atoms with Gasteiger partial charge in [-0.05, 0) is 24.1 Å². The van der Waals surface area contributed by atoms with Crippen molar-refractivity contribution in [1.29, 1.82) is 0 Å². The summed E-state index contributed by atoms with van der Waals surface area (Å²) in [5, 5.41) is 6.28. The van der Waals surface area contributed by atoms with Crippen LogP contribution in [0.25, 0.3) is 0 Å². The third kappa shape index (κ3) is 7.78. The average molecular weight is 295 g/mol. The second-order valence-electron chi connectivity index (χ2n) is 4.22. The molecule has 0 atom stereocenters. The SMILES string of the molecule is COCCCNC(=O)CC(=O)N/N=C/c1ccc(F)cc1. The lowest BCUT2D eigenvalue weighted by Crippen LogP contribution is -2.30. The molecule has 114 valence electrons. The highest BCUT2D eigenvalue weighted by Gasteiger charge is 2.07. The van der Waals surface area contributed by atoms with Crippen LogP contribution in [0, 0.1) is 5.82 Å². The first kappa shape index (κ1) is 16.8. The Bertz CT molecular complexity index is 489. The van der Waals surface area contributed by atoms with Crippen molar-refractivity contribution in [3.8, 4) is 0 Å². The van der Waals surface area contributed by atoms with Crippen LogP contribution in [-0.2, 0) is 14.3 Å². The van der Waals surface area contributed by atoms with E-state index in [2.05, 4.69) is 15.8 Å². The first-order chi connectivity index (χ1) is 10.1. The molecule has 1 aromatic carbocycles. The molecule has 0 bridgehead atoms. The molecule has 0 aromatic heterocycles. The molecule has 2 N–H and O–H groups in total. The second kappa shape index (κ2) is 9.60. The molecular weight excluding hydrogens is 277 g/mol. The van der Waals surface area contributed by atoms with E-state index in [0.29, 0.717) is 25.1 Å². The first-order valence-electron chi connectivity index (χ1n) is 6.45. The fraction of sp³-hybridized carbons (Fsp3) is 0.357. The minimum Gasteiger partial charge on any atom is -0.385 e. The Hall–Kier alpha value is -2.28. The molecule has 0 heterocycles. The molecule has 2 amide bonds. The van der Waals surface area contributed by atoms with Crippen molar-refractivity contribution >= 4 is 18.0 Å². The van der Waals surface area contributed by atoms with Gasteiger partial charge in [-0.15, -0.1) is 0 Å². The van der Waals surface area contributed by atoms with E-state index in [1.807, 2.05) is 0 Å². The third-order valence-corrected chi connectivity index (χ3v) is 2.44. The molecule has 0 saturated heterocycles. The third-order valence-electron chi connectivity index (χ3n) is 2.44. The number of methoxy groups -OCH3 is 1. The van der Waals surface area contributed by atoms with Gasteiger partial charge in [0.25, 0.3) is 0 Å². The van der Waals surface area contributed by atoms with Crippen molar-refractivity contribution in [2.45, 2.75) is 12.8 Å². The zero-order valence-corrected chi connectivity index (χ0v) is 11.8. The van der Waals surface area contributed by atoms with E-state index in [-0.39, 0.29) is 18.1 Å². The molecule has 0 aliphatic rings. The van der Waals surface area contributed by atoms with Crippen LogP contribution in [0.2, 0.25) is 0 Å². The normalized spacial score (nSPS) is 10.6. The van der Waals surface area contributed by atoms with Gasteiger partial charge in [-0.1, -0.05) is 12.1 Å². The minimum absolute atomic E-state index is 0.298. The highest BCUT2D eigenvalue weighted by atomic mass is 19.1. The largest absolute Gasteiger partial charge is 0.385 e. The molecule has 0 radical (unpaired) electrons. The van der Waals surface area contributed by atoms with Gasteiger partial charge >= 0.3 is 0 Å². The summed E-state index contributed by atoms with van der Waals surface area (Å²) in [6.45, 7) is 1.01. The Morgan fingerprint density at radius 2 is 2.00 bits per heavy atom. The van der Waals surface area contributed by atoms with E-state index in [9.17, 15) is 14.0 Å². The van der Waals surface area contributed by atoms with Gasteiger partial charge in [0.15, 0.2) is 0 Å². The minimum atomic E-state index is -0.516. The van der Waals surface area contributed by atoms with Crippen molar-refractivity contribution in [2.24, 2.45) is 5.10 Å². The molecule has 0 saturated carbocycles. The average Bonchev–Trinajstić information content (AvgIpc) is 2.46. The zero-order valence-electron chi connectivity index (χ0n) is 11.8. The number of hydrogen-bond acceptors (Lipinski definition) is 4. The first-order valence-corrected chi connectivity index (χ1v) is 6.45. The Morgan fingerprint density at radius 1 is 1.29 bits per heavy atom. The smallest absolute Gasteiger partial charge is 0.249 e. The maximum Gasteiger partial charge on any atom is 0.249 e. The van der Waals surface area contributed by atoms with Crippen LogP contribution in [0.4, 0.5) is 4.39 Å². The quantitative estimate of drug-likeness (QED) is 0.322. The molecule has 0 aliphatic carbocycles. The van der Waals surface area contributed by atoms with E-state index in [0.717, 1.165) is 0 Å². The zero-order chi connectivity index (χ0) is 15.5. The molecule has 0 unspecified atom stereocenters. The number of rotatable bonds is 8. The molecule has 7 heteroatoms. The molecule has 6 nitrogen and oxygen atoms in total. The lowest BCUT2D eigenvalue weighted by Gasteiger charge is -2.03. The van der Waals surface area contributed by atoms with E-state index < -0.39 is 5.91 Å². The van der Waals surface area contributed by atoms with Crippen LogP contribution in [-0.4, -0.2) is 38.3 Å². The van der Waals surface area contributed by atoms with Gasteiger partial charge in [-0.2, -0.15) is 5.10 Å². The van der Waals surface area contributed by atoms with E-state index in [1.54, 1.807) is 7.11 Å². The van der Waals surface area contributed by atoms with Gasteiger partial charge in [-0.25, -0.2) is 9.82 Å². The summed E-state index contributed by atoms with van der Waals surface area (Å²) >= 11 is 0. The summed E-state index contributed by atoms with van der Waals surface area (Å²) in [5.41, 5.74) is 2.87. The predicted molar refractivity (Wildman–Crippen MR) is 76.3 cm³/mol. The number of hydrazone groups is 1. The second-order valence-corrected chi connectivity index (χ2v) is 4.22. The summed E-state index contributed by atoms with van der Waals surface area (Å²) in [6.07, 6.45) is 1.76. The van der Waals surface area contributed by atoms with Crippen LogP contribution in [0.1, 0.15) is 18.4 Å². The van der Waals surface area contributed by atoms with Crippen molar-refractivity contribution in [3.05, 3.63) is 35.6 Å². The van der Waals surface area contributed by atoms with E-state index in [4.69, 9.17) is 4.74 Å². The number of nitrogens with one attached hydrogen (secondary N) is 2. The van der Waals surface area contributed by atoms with Crippen LogP contribution < -0.4 is 10.7 Å². The summed E-state index contributed by atoms with van der Waals surface area (Å²) in [7, 11) is 1.58. The number of carbonyl (C=O) groups excluding carboxylic acids is 2. The molecule has 0 spiro atoms. The highest BCUT2D eigenvalue weighted by molar-refractivity contribution is 5.97. The van der Waals surface area contributed by atoms with Crippen LogP contribution in [0.3, 0.4) is 0 Å². The Balaban J connectivity index is 2.24. The number of hydrogen-bond donors (Lipinski definition) is 2. The molecule has 0 aliphatic heterocycles. The van der Waals surface area contributed by atoms with Gasteiger partial charge in [-0.3, -0.25) is 9.59 Å². The number of halogens is 1. The van der Waals surface area contributed by atoms with Crippen LogP contribution >= 0.6 is 0 Å². The molecule has 0 fully saturated rings. The van der Waals surface area contributed by atoms with Gasteiger partial charge in [0.1, 0.15) is 12.2 Å². The van der Waals surface area contributed by atoms with Crippen molar-refractivity contribution in [1.82, 2.24) is 10.7 Å². The fourth-order valence-electron chi connectivity index (χ4n) is 1.42. The lowest BCUT2D eigenvalue weighted by atomic mass is 10.2. The van der Waals surface area contributed by atoms with Crippen molar-refractivity contribution in [2.75, 3.05) is 20.3 Å². The lowest BCUT2D eigenvalue weighted by molar-refractivity contribution is -0.129. The summed E-state index contributed by atoms with van der Waals surface area (Å²) in [4.78, 5) is 22.8. The highest BCUT2D eigenvalue weighted by Crippen LogP contribution is 1.99. The summed E-state index contributed by atoms with van der Waals surface area (Å²) in [6, 6.07) is 5.62. The molecular formula is C14H18FN3O3. The molecule has 1 aromatic rings. The molecule has 1 rings (SSSR count). The van der Waals surface area contributed by atoms with E-state index in [1.165, 1.54) is 30.5 Å². The summed E-state index contributed by atoms with van der Waals surface area (Å²) < 4.78 is 17.5. The van der Waals surface area contributed by atoms with Crippen LogP contribution in [0.5, 0.6) is 0 Å². The Kier molecular flexibility index (Phi) is 7.67. The van der Waals surface area contributed by atoms with Crippen molar-refractivity contribution in [3.63, 3.8) is 0 Å². The topological polar surface area (TPSA) is 79.8 Å². The van der Waals surface area contributed by atoms with Gasteiger partial charge < -0.3 is 10.1 Å². The fourth-order valence-corrected chi connectivity index (χ4v) is 1.42. The maximum atomic E-state index is 12.7. The van der Waals surface area contributed by atoms with Gasteiger partial charge in [0, 0.05) is 20.3 Å². The predicted octanol–water partition coefficient (Wildman–Crippen LogP) is 0.819. The Morgan fingerprint density at radius 3 is 2.67 bits per heavy atom. The number of carbonyl (C=O) groups is 2. The molecule has 21 heavy (non-hydrogen) atoms.